The number of carbonyl (C=O) groups is 2. The summed E-state index contributed by atoms with van der Waals surface area (Å²) in [6.07, 6.45) is 1.63. The standard InChI is InChI=1S/C30H36FN3O5/c1-18(2)16-38-25-11-9-21(28-22(7-6-12-33-28)17-39-30(36)27(32)19(3)4)14-23(25)29(35)34-15-20-8-10-26(37-5)24(31)13-20/h6-14,18-19,27H,15-17,32H2,1-5H3,(H,34,35). The molecule has 1 aromatic heterocycles. The molecule has 0 saturated heterocycles. The van der Waals surface area contributed by atoms with Gasteiger partial charge in [0.1, 0.15) is 18.4 Å². The van der Waals surface area contributed by atoms with Crippen molar-refractivity contribution in [1.29, 1.82) is 0 Å². The molecule has 8 nitrogen and oxygen atoms in total. The lowest BCUT2D eigenvalue weighted by Crippen LogP contribution is -2.36. The number of aromatic nitrogens is 1. The summed E-state index contributed by atoms with van der Waals surface area (Å²) < 4.78 is 30.4. The van der Waals surface area contributed by atoms with E-state index < -0.39 is 23.7 Å². The minimum absolute atomic E-state index is 0.0153. The van der Waals surface area contributed by atoms with Crippen LogP contribution in [0.1, 0.15) is 49.2 Å². The van der Waals surface area contributed by atoms with Gasteiger partial charge < -0.3 is 25.3 Å². The third kappa shape index (κ3) is 8.00. The van der Waals surface area contributed by atoms with Crippen LogP contribution in [0, 0.1) is 17.7 Å². The average molecular weight is 538 g/mol. The molecule has 0 radical (unpaired) electrons. The Bertz CT molecular complexity index is 1300. The summed E-state index contributed by atoms with van der Waals surface area (Å²) in [4.78, 5) is 30.1. The number of nitrogens with two attached hydrogens (primary N) is 1. The van der Waals surface area contributed by atoms with Crippen molar-refractivity contribution in [1.82, 2.24) is 10.3 Å². The lowest BCUT2D eigenvalue weighted by molar-refractivity contribution is -0.147. The predicted octanol–water partition coefficient (Wildman–Crippen LogP) is 4.89. The number of hydrogen-bond donors (Lipinski definition) is 2. The van der Waals surface area contributed by atoms with Gasteiger partial charge in [0, 0.05) is 23.9 Å². The van der Waals surface area contributed by atoms with Gasteiger partial charge in [-0.2, -0.15) is 0 Å². The van der Waals surface area contributed by atoms with E-state index in [1.54, 1.807) is 42.6 Å². The monoisotopic (exact) mass is 537 g/mol. The summed E-state index contributed by atoms with van der Waals surface area (Å²) in [6, 6.07) is 12.5. The molecule has 0 spiro atoms. The molecule has 1 amide bonds. The van der Waals surface area contributed by atoms with Crippen molar-refractivity contribution < 1.29 is 28.2 Å². The van der Waals surface area contributed by atoms with E-state index >= 15 is 0 Å². The molecule has 0 bridgehead atoms. The molecular formula is C30H36FN3O5. The van der Waals surface area contributed by atoms with E-state index in [1.807, 2.05) is 27.7 Å². The van der Waals surface area contributed by atoms with Gasteiger partial charge in [-0.1, -0.05) is 39.8 Å². The number of nitrogens with one attached hydrogen (secondary N) is 1. The number of hydrogen-bond acceptors (Lipinski definition) is 7. The average Bonchev–Trinajstić information content (AvgIpc) is 2.93. The Morgan fingerprint density at radius 2 is 1.79 bits per heavy atom. The second-order valence-corrected chi connectivity index (χ2v) is 9.96. The number of esters is 1. The fourth-order valence-electron chi connectivity index (χ4n) is 3.67. The molecule has 3 N–H and O–H groups in total. The smallest absolute Gasteiger partial charge is 0.323 e. The zero-order chi connectivity index (χ0) is 28.5. The van der Waals surface area contributed by atoms with E-state index in [0.717, 1.165) is 0 Å². The molecule has 0 aliphatic heterocycles. The highest BCUT2D eigenvalue weighted by Crippen LogP contribution is 2.29. The maximum atomic E-state index is 14.1. The van der Waals surface area contributed by atoms with E-state index in [9.17, 15) is 14.0 Å². The summed E-state index contributed by atoms with van der Waals surface area (Å²) in [5, 5.41) is 2.83. The highest BCUT2D eigenvalue weighted by Gasteiger charge is 2.21. The Kier molecular flexibility index (Phi) is 10.4. The lowest BCUT2D eigenvalue weighted by Gasteiger charge is -2.17. The van der Waals surface area contributed by atoms with Gasteiger partial charge in [0.2, 0.25) is 0 Å². The summed E-state index contributed by atoms with van der Waals surface area (Å²) >= 11 is 0. The van der Waals surface area contributed by atoms with Crippen molar-refractivity contribution in [3.63, 3.8) is 0 Å². The second-order valence-electron chi connectivity index (χ2n) is 9.96. The van der Waals surface area contributed by atoms with Crippen LogP contribution in [0.15, 0.2) is 54.7 Å². The van der Waals surface area contributed by atoms with E-state index in [4.69, 9.17) is 19.9 Å². The summed E-state index contributed by atoms with van der Waals surface area (Å²) in [5.74, 6) is -0.657. The van der Waals surface area contributed by atoms with Crippen molar-refractivity contribution in [3.8, 4) is 22.8 Å². The minimum atomic E-state index is -0.725. The van der Waals surface area contributed by atoms with Crippen molar-refractivity contribution in [3.05, 3.63) is 77.2 Å². The Hall–Kier alpha value is -3.98. The SMILES string of the molecule is COc1ccc(CNC(=O)c2cc(-c3ncccc3COC(=O)C(N)C(C)C)ccc2OCC(C)C)cc1F. The largest absolute Gasteiger partial charge is 0.494 e. The van der Waals surface area contributed by atoms with Gasteiger partial charge in [0.15, 0.2) is 11.6 Å². The van der Waals surface area contributed by atoms with E-state index in [-0.39, 0.29) is 30.7 Å². The normalized spacial score (nSPS) is 11.8. The summed E-state index contributed by atoms with van der Waals surface area (Å²) in [6.45, 7) is 8.24. The number of carbonyl (C=O) groups excluding carboxylic acids is 2. The van der Waals surface area contributed by atoms with Crippen molar-refractivity contribution >= 4 is 11.9 Å². The van der Waals surface area contributed by atoms with Crippen LogP contribution in [0.2, 0.25) is 0 Å². The molecule has 1 unspecified atom stereocenters. The molecule has 208 valence electrons. The molecule has 2 aromatic carbocycles. The molecule has 0 saturated carbocycles. The first kappa shape index (κ1) is 29.6. The van der Waals surface area contributed by atoms with Crippen LogP contribution in [0.25, 0.3) is 11.3 Å². The molecule has 1 heterocycles. The zero-order valence-electron chi connectivity index (χ0n) is 23.0. The van der Waals surface area contributed by atoms with Gasteiger partial charge in [-0.05, 0) is 53.8 Å². The van der Waals surface area contributed by atoms with Crippen LogP contribution in [0.3, 0.4) is 0 Å². The Labute approximate surface area is 228 Å². The van der Waals surface area contributed by atoms with Crippen LogP contribution >= 0.6 is 0 Å². The van der Waals surface area contributed by atoms with E-state index in [2.05, 4.69) is 10.3 Å². The Morgan fingerprint density at radius 3 is 2.46 bits per heavy atom. The van der Waals surface area contributed by atoms with Crippen molar-refractivity contribution in [2.24, 2.45) is 17.6 Å². The number of pyridine rings is 1. The van der Waals surface area contributed by atoms with Gasteiger partial charge in [-0.3, -0.25) is 14.6 Å². The molecule has 0 aliphatic rings. The van der Waals surface area contributed by atoms with Gasteiger partial charge in [-0.15, -0.1) is 0 Å². The van der Waals surface area contributed by atoms with Crippen molar-refractivity contribution in [2.75, 3.05) is 13.7 Å². The molecule has 3 rings (SSSR count). The number of methoxy groups -OCH3 is 1. The number of benzene rings is 2. The Morgan fingerprint density at radius 1 is 1.05 bits per heavy atom. The van der Waals surface area contributed by atoms with E-state index in [1.165, 1.54) is 19.2 Å². The number of halogens is 1. The number of amides is 1. The molecule has 3 aromatic rings. The Balaban J connectivity index is 1.87. The van der Waals surface area contributed by atoms with Crippen LogP contribution < -0.4 is 20.5 Å². The van der Waals surface area contributed by atoms with Gasteiger partial charge in [0.25, 0.3) is 5.91 Å². The molecular weight excluding hydrogens is 501 g/mol. The van der Waals surface area contributed by atoms with Crippen LogP contribution in [-0.2, 0) is 22.7 Å². The maximum absolute atomic E-state index is 14.1. The van der Waals surface area contributed by atoms with E-state index in [0.29, 0.717) is 40.3 Å². The third-order valence-electron chi connectivity index (χ3n) is 5.99. The fourth-order valence-corrected chi connectivity index (χ4v) is 3.67. The zero-order valence-corrected chi connectivity index (χ0v) is 23.0. The number of rotatable bonds is 12. The quantitative estimate of drug-likeness (QED) is 0.316. The van der Waals surface area contributed by atoms with Crippen molar-refractivity contribution in [2.45, 2.75) is 46.9 Å². The minimum Gasteiger partial charge on any atom is -0.494 e. The van der Waals surface area contributed by atoms with Crippen LogP contribution in [-0.4, -0.2) is 36.6 Å². The first-order valence-corrected chi connectivity index (χ1v) is 12.8. The molecule has 39 heavy (non-hydrogen) atoms. The van der Waals surface area contributed by atoms with Gasteiger partial charge in [-0.25, -0.2) is 4.39 Å². The predicted molar refractivity (Wildman–Crippen MR) is 147 cm³/mol. The summed E-state index contributed by atoms with van der Waals surface area (Å²) in [7, 11) is 1.39. The first-order valence-electron chi connectivity index (χ1n) is 12.8. The van der Waals surface area contributed by atoms with Crippen LogP contribution in [0.4, 0.5) is 4.39 Å². The fraction of sp³-hybridized carbons (Fsp3) is 0.367. The number of ether oxygens (including phenoxy) is 3. The molecule has 0 aliphatic carbocycles. The summed E-state index contributed by atoms with van der Waals surface area (Å²) in [5.41, 5.74) is 8.66. The highest BCUT2D eigenvalue weighted by molar-refractivity contribution is 5.98. The maximum Gasteiger partial charge on any atom is 0.323 e. The van der Waals surface area contributed by atoms with Gasteiger partial charge in [0.05, 0.1) is 25.0 Å². The molecule has 1 atom stereocenters. The highest BCUT2D eigenvalue weighted by atomic mass is 19.1. The molecule has 0 fully saturated rings. The molecule has 9 heteroatoms. The second kappa shape index (κ2) is 13.7. The third-order valence-corrected chi connectivity index (χ3v) is 5.99. The topological polar surface area (TPSA) is 113 Å². The number of nitrogens with zero attached hydrogens (tertiary/aromatic N) is 1. The van der Waals surface area contributed by atoms with Gasteiger partial charge >= 0.3 is 5.97 Å². The first-order chi connectivity index (χ1) is 18.6. The lowest BCUT2D eigenvalue weighted by atomic mass is 10.0. The van der Waals surface area contributed by atoms with Crippen LogP contribution in [0.5, 0.6) is 11.5 Å².